The van der Waals surface area contributed by atoms with Crippen LogP contribution in [-0.2, 0) is 11.2 Å². The number of hydrogen-bond donors (Lipinski definition) is 1. The number of pyridine rings is 1. The molecule has 0 aliphatic rings. The van der Waals surface area contributed by atoms with Crippen molar-refractivity contribution in [1.82, 2.24) is 15.1 Å². The van der Waals surface area contributed by atoms with Crippen molar-refractivity contribution in [3.05, 3.63) is 28.8 Å². The van der Waals surface area contributed by atoms with E-state index in [1.54, 1.807) is 19.5 Å². The average Bonchev–Trinajstić information content (AvgIpc) is 2.84. The van der Waals surface area contributed by atoms with E-state index >= 15 is 0 Å². The summed E-state index contributed by atoms with van der Waals surface area (Å²) in [5, 5.41) is 3.91. The molecule has 18 heavy (non-hydrogen) atoms. The Labute approximate surface area is 113 Å². The molecule has 2 N–H and O–H groups in total. The molecule has 2 aromatic heterocycles. The summed E-state index contributed by atoms with van der Waals surface area (Å²) in [6.45, 7) is 0.409. The van der Waals surface area contributed by atoms with Crippen LogP contribution in [0.25, 0.3) is 11.4 Å². The van der Waals surface area contributed by atoms with Gasteiger partial charge in [0.15, 0.2) is 0 Å². The molecule has 7 heteroatoms. The highest BCUT2D eigenvalue weighted by Crippen LogP contribution is 2.19. The molecular formula is C11H13BrN4O2. The molecular weight excluding hydrogens is 300 g/mol. The maximum Gasteiger partial charge on any atom is 0.229 e. The molecule has 0 spiro atoms. The number of hydrogen-bond acceptors (Lipinski definition) is 6. The number of aromatic nitrogens is 3. The molecule has 2 rings (SSSR count). The van der Waals surface area contributed by atoms with E-state index in [0.29, 0.717) is 24.7 Å². The van der Waals surface area contributed by atoms with E-state index < -0.39 is 0 Å². The van der Waals surface area contributed by atoms with E-state index in [9.17, 15) is 0 Å². The van der Waals surface area contributed by atoms with Crippen molar-refractivity contribution in [2.45, 2.75) is 12.5 Å². The van der Waals surface area contributed by atoms with E-state index in [2.05, 4.69) is 31.1 Å². The SMILES string of the molecule is COC(CN)Cc1nc(-c2cncc(Br)c2)no1. The zero-order valence-corrected chi connectivity index (χ0v) is 11.4. The number of nitrogens with two attached hydrogens (primary N) is 1. The van der Waals surface area contributed by atoms with E-state index in [-0.39, 0.29) is 6.10 Å². The molecule has 6 nitrogen and oxygen atoms in total. The van der Waals surface area contributed by atoms with Crippen molar-refractivity contribution in [1.29, 1.82) is 0 Å². The van der Waals surface area contributed by atoms with E-state index in [0.717, 1.165) is 10.0 Å². The molecule has 0 fully saturated rings. The number of methoxy groups -OCH3 is 1. The van der Waals surface area contributed by atoms with Gasteiger partial charge in [-0.15, -0.1) is 0 Å². The van der Waals surface area contributed by atoms with Crippen molar-refractivity contribution in [2.75, 3.05) is 13.7 Å². The van der Waals surface area contributed by atoms with Crippen LogP contribution >= 0.6 is 15.9 Å². The van der Waals surface area contributed by atoms with Gasteiger partial charge in [0.2, 0.25) is 11.7 Å². The topological polar surface area (TPSA) is 87.1 Å². The minimum Gasteiger partial charge on any atom is -0.380 e. The van der Waals surface area contributed by atoms with Crippen LogP contribution in [0.2, 0.25) is 0 Å². The Morgan fingerprint density at radius 3 is 3.00 bits per heavy atom. The van der Waals surface area contributed by atoms with Gasteiger partial charge in [-0.1, -0.05) is 5.16 Å². The molecule has 0 bridgehead atoms. The molecule has 0 amide bonds. The van der Waals surface area contributed by atoms with Gasteiger partial charge >= 0.3 is 0 Å². The number of nitrogens with zero attached hydrogens (tertiary/aromatic N) is 3. The maximum atomic E-state index is 5.54. The first-order valence-electron chi connectivity index (χ1n) is 5.39. The lowest BCUT2D eigenvalue weighted by Crippen LogP contribution is -2.24. The molecule has 2 aromatic rings. The van der Waals surface area contributed by atoms with E-state index in [1.165, 1.54) is 0 Å². The summed E-state index contributed by atoms with van der Waals surface area (Å²) in [5.41, 5.74) is 6.33. The summed E-state index contributed by atoms with van der Waals surface area (Å²) in [5.74, 6) is 1.01. The highest BCUT2D eigenvalue weighted by Gasteiger charge is 2.14. The van der Waals surface area contributed by atoms with Crippen LogP contribution in [0.15, 0.2) is 27.5 Å². The van der Waals surface area contributed by atoms with Gasteiger partial charge in [0.25, 0.3) is 0 Å². The van der Waals surface area contributed by atoms with Crippen molar-refractivity contribution in [2.24, 2.45) is 5.73 Å². The number of halogens is 1. The molecule has 0 saturated heterocycles. The van der Waals surface area contributed by atoms with Crippen molar-refractivity contribution < 1.29 is 9.26 Å². The minimum absolute atomic E-state index is 0.112. The van der Waals surface area contributed by atoms with Gasteiger partial charge < -0.3 is 15.0 Å². The minimum atomic E-state index is -0.112. The Kier molecular flexibility index (Phi) is 4.40. The first-order chi connectivity index (χ1) is 8.72. The second-order valence-corrected chi connectivity index (χ2v) is 4.62. The summed E-state index contributed by atoms with van der Waals surface area (Å²) in [6.07, 6.45) is 3.76. The quantitative estimate of drug-likeness (QED) is 0.898. The molecule has 0 aliphatic heterocycles. The monoisotopic (exact) mass is 312 g/mol. The molecule has 1 atom stereocenters. The van der Waals surface area contributed by atoms with Gasteiger partial charge in [0.05, 0.1) is 12.5 Å². The Morgan fingerprint density at radius 1 is 1.50 bits per heavy atom. The second-order valence-electron chi connectivity index (χ2n) is 3.70. The van der Waals surface area contributed by atoms with Gasteiger partial charge in [-0.2, -0.15) is 4.98 Å². The maximum absolute atomic E-state index is 5.54. The molecule has 96 valence electrons. The summed E-state index contributed by atoms with van der Waals surface area (Å²) in [4.78, 5) is 8.33. The third kappa shape index (κ3) is 3.12. The summed E-state index contributed by atoms with van der Waals surface area (Å²) in [7, 11) is 1.60. The van der Waals surface area contributed by atoms with Crippen LogP contribution in [0, 0.1) is 0 Å². The van der Waals surface area contributed by atoms with Crippen molar-refractivity contribution >= 4 is 15.9 Å². The zero-order valence-electron chi connectivity index (χ0n) is 9.84. The summed E-state index contributed by atoms with van der Waals surface area (Å²) >= 11 is 3.34. The predicted molar refractivity (Wildman–Crippen MR) is 68.8 cm³/mol. The largest absolute Gasteiger partial charge is 0.380 e. The third-order valence-electron chi connectivity index (χ3n) is 2.43. The molecule has 0 aliphatic carbocycles. The van der Waals surface area contributed by atoms with Gasteiger partial charge in [0.1, 0.15) is 0 Å². The first-order valence-corrected chi connectivity index (χ1v) is 6.18. The lowest BCUT2D eigenvalue weighted by atomic mass is 10.2. The van der Waals surface area contributed by atoms with Crippen LogP contribution in [0.4, 0.5) is 0 Å². The third-order valence-corrected chi connectivity index (χ3v) is 2.86. The zero-order chi connectivity index (χ0) is 13.0. The van der Waals surface area contributed by atoms with E-state index in [1.807, 2.05) is 6.07 Å². The van der Waals surface area contributed by atoms with Gasteiger partial charge in [-0.05, 0) is 22.0 Å². The lowest BCUT2D eigenvalue weighted by molar-refractivity contribution is 0.102. The molecule has 0 radical (unpaired) electrons. The van der Waals surface area contributed by atoms with Crippen molar-refractivity contribution in [3.63, 3.8) is 0 Å². The fourth-order valence-corrected chi connectivity index (χ4v) is 1.81. The molecule has 2 heterocycles. The molecule has 0 aromatic carbocycles. The standard InChI is InChI=1S/C11H13BrN4O2/c1-17-9(4-13)3-10-15-11(16-18-10)7-2-8(12)6-14-5-7/h2,5-6,9H,3-4,13H2,1H3. The van der Waals surface area contributed by atoms with Gasteiger partial charge in [-0.3, -0.25) is 4.98 Å². The average molecular weight is 313 g/mol. The van der Waals surface area contributed by atoms with Gasteiger partial charge in [-0.25, -0.2) is 0 Å². The fourth-order valence-electron chi connectivity index (χ4n) is 1.45. The second kappa shape index (κ2) is 6.03. The first kappa shape index (κ1) is 13.1. The van der Waals surface area contributed by atoms with Gasteiger partial charge in [0, 0.05) is 36.1 Å². The number of ether oxygens (including phenoxy) is 1. The summed E-state index contributed by atoms with van der Waals surface area (Å²) in [6, 6.07) is 1.87. The van der Waals surface area contributed by atoms with Crippen molar-refractivity contribution in [3.8, 4) is 11.4 Å². The van der Waals surface area contributed by atoms with Crippen LogP contribution in [-0.4, -0.2) is 34.9 Å². The highest BCUT2D eigenvalue weighted by atomic mass is 79.9. The Bertz CT molecular complexity index is 513. The Balaban J connectivity index is 2.15. The Morgan fingerprint density at radius 2 is 2.33 bits per heavy atom. The highest BCUT2D eigenvalue weighted by molar-refractivity contribution is 9.10. The molecule has 0 saturated carbocycles. The predicted octanol–water partition coefficient (Wildman–Crippen LogP) is 1.41. The fraction of sp³-hybridized carbons (Fsp3) is 0.364. The van der Waals surface area contributed by atoms with Crippen LogP contribution < -0.4 is 5.73 Å². The molecule has 1 unspecified atom stereocenters. The summed E-state index contributed by atoms with van der Waals surface area (Å²) < 4.78 is 11.2. The number of rotatable bonds is 5. The van der Waals surface area contributed by atoms with E-state index in [4.69, 9.17) is 15.0 Å². The lowest BCUT2D eigenvalue weighted by Gasteiger charge is -2.08. The smallest absolute Gasteiger partial charge is 0.229 e. The van der Waals surface area contributed by atoms with Crippen LogP contribution in [0.1, 0.15) is 5.89 Å². The van der Waals surface area contributed by atoms with Crippen LogP contribution in [0.3, 0.4) is 0 Å². The normalized spacial score (nSPS) is 12.6. The van der Waals surface area contributed by atoms with Crippen LogP contribution in [0.5, 0.6) is 0 Å². The Hall–Kier alpha value is -1.31.